The van der Waals surface area contributed by atoms with Gasteiger partial charge in [0, 0.05) is 12.2 Å². The molecular weight excluding hydrogens is 372 g/mol. The molecule has 0 aliphatic heterocycles. The zero-order chi connectivity index (χ0) is 20.1. The number of benzene rings is 1. The number of aryl methyl sites for hydroxylation is 1. The van der Waals surface area contributed by atoms with Crippen LogP contribution >= 0.6 is 11.8 Å². The molecule has 1 N–H and O–H groups in total. The van der Waals surface area contributed by atoms with Gasteiger partial charge in [0.1, 0.15) is 5.76 Å². The summed E-state index contributed by atoms with van der Waals surface area (Å²) in [5.41, 5.74) is 2.88. The van der Waals surface area contributed by atoms with Crippen molar-refractivity contribution in [2.24, 2.45) is 0 Å². The lowest BCUT2D eigenvalue weighted by molar-refractivity contribution is -0.113. The van der Waals surface area contributed by atoms with Crippen LogP contribution in [0.4, 0.5) is 5.69 Å². The Morgan fingerprint density at radius 2 is 2.18 bits per heavy atom. The van der Waals surface area contributed by atoms with Gasteiger partial charge in [0.25, 0.3) is 0 Å². The summed E-state index contributed by atoms with van der Waals surface area (Å²) in [6.45, 7) is 10.5. The normalized spacial score (nSPS) is 11.0. The first kappa shape index (κ1) is 19.9. The van der Waals surface area contributed by atoms with Crippen molar-refractivity contribution in [2.45, 2.75) is 38.4 Å². The van der Waals surface area contributed by atoms with E-state index in [0.29, 0.717) is 23.4 Å². The molecule has 6 nitrogen and oxygen atoms in total. The Kier molecular flexibility index (Phi) is 6.36. The molecular formula is C21H24N4O2S. The smallest absolute Gasteiger partial charge is 0.234 e. The molecule has 28 heavy (non-hydrogen) atoms. The van der Waals surface area contributed by atoms with Crippen LogP contribution < -0.4 is 5.32 Å². The molecule has 0 atom stereocenters. The van der Waals surface area contributed by atoms with E-state index in [1.165, 1.54) is 17.3 Å². The van der Waals surface area contributed by atoms with Gasteiger partial charge in [0.15, 0.2) is 11.0 Å². The molecule has 1 aromatic carbocycles. The summed E-state index contributed by atoms with van der Waals surface area (Å²) in [4.78, 5) is 12.4. The molecule has 0 saturated carbocycles. The SMILES string of the molecule is C=CCn1c(SCC(=O)Nc2cccc(C(C)C)c2)nnc1-c1ccoc1C. The minimum Gasteiger partial charge on any atom is -0.469 e. The van der Waals surface area contributed by atoms with Crippen LogP contribution in [0.1, 0.15) is 31.1 Å². The van der Waals surface area contributed by atoms with Gasteiger partial charge in [-0.25, -0.2) is 0 Å². The molecule has 3 aromatic rings. The Labute approximate surface area is 169 Å². The highest BCUT2D eigenvalue weighted by molar-refractivity contribution is 7.99. The average Bonchev–Trinajstić information content (AvgIpc) is 3.26. The van der Waals surface area contributed by atoms with E-state index in [9.17, 15) is 4.79 Å². The molecule has 0 aliphatic rings. The number of amides is 1. The first-order valence-corrected chi connectivity index (χ1v) is 10.1. The number of aromatic nitrogens is 3. The fourth-order valence-corrected chi connectivity index (χ4v) is 3.56. The van der Waals surface area contributed by atoms with E-state index in [0.717, 1.165) is 17.0 Å². The molecule has 7 heteroatoms. The number of carbonyl (C=O) groups is 1. The number of nitrogens with one attached hydrogen (secondary N) is 1. The second-order valence-electron chi connectivity index (χ2n) is 6.71. The van der Waals surface area contributed by atoms with Crippen molar-refractivity contribution in [3.8, 4) is 11.4 Å². The van der Waals surface area contributed by atoms with Gasteiger partial charge in [-0.1, -0.05) is 43.8 Å². The average molecular weight is 397 g/mol. The molecule has 0 unspecified atom stereocenters. The second-order valence-corrected chi connectivity index (χ2v) is 7.66. The summed E-state index contributed by atoms with van der Waals surface area (Å²) in [6, 6.07) is 9.79. The van der Waals surface area contributed by atoms with Gasteiger partial charge in [-0.3, -0.25) is 9.36 Å². The van der Waals surface area contributed by atoms with Crippen LogP contribution in [-0.2, 0) is 11.3 Å². The highest BCUT2D eigenvalue weighted by atomic mass is 32.2. The fraction of sp³-hybridized carbons (Fsp3) is 0.286. The van der Waals surface area contributed by atoms with E-state index >= 15 is 0 Å². The second kappa shape index (κ2) is 8.93. The van der Waals surface area contributed by atoms with Crippen molar-refractivity contribution in [1.29, 1.82) is 0 Å². The Hall–Kier alpha value is -2.80. The minimum absolute atomic E-state index is 0.0832. The quantitative estimate of drug-likeness (QED) is 0.434. The van der Waals surface area contributed by atoms with Crippen LogP contribution in [0.5, 0.6) is 0 Å². The van der Waals surface area contributed by atoms with Gasteiger partial charge in [-0.2, -0.15) is 0 Å². The molecule has 0 saturated heterocycles. The van der Waals surface area contributed by atoms with Crippen molar-refractivity contribution < 1.29 is 9.21 Å². The number of thioether (sulfide) groups is 1. The summed E-state index contributed by atoms with van der Waals surface area (Å²) in [6.07, 6.45) is 3.41. The maximum Gasteiger partial charge on any atom is 0.234 e. The standard InChI is InChI=1S/C21H24N4O2S/c1-5-10-25-20(18-9-11-27-15(18)4)23-24-21(25)28-13-19(26)22-17-8-6-7-16(12-17)14(2)3/h5-9,11-12,14H,1,10,13H2,2-4H3,(H,22,26). The third-order valence-electron chi connectivity index (χ3n) is 4.30. The first-order chi connectivity index (χ1) is 13.5. The number of furan rings is 1. The van der Waals surface area contributed by atoms with Crippen LogP contribution in [0.15, 0.2) is 58.8 Å². The summed E-state index contributed by atoms with van der Waals surface area (Å²) in [5, 5.41) is 12.2. The highest BCUT2D eigenvalue weighted by Gasteiger charge is 2.17. The third-order valence-corrected chi connectivity index (χ3v) is 5.26. The van der Waals surface area contributed by atoms with Gasteiger partial charge < -0.3 is 9.73 Å². The highest BCUT2D eigenvalue weighted by Crippen LogP contribution is 2.27. The van der Waals surface area contributed by atoms with E-state index < -0.39 is 0 Å². The molecule has 3 rings (SSSR count). The van der Waals surface area contributed by atoms with Gasteiger partial charge in [-0.05, 0) is 36.6 Å². The number of hydrogen-bond donors (Lipinski definition) is 1. The molecule has 0 spiro atoms. The van der Waals surface area contributed by atoms with Crippen LogP contribution in [0.2, 0.25) is 0 Å². The number of rotatable bonds is 8. The van der Waals surface area contributed by atoms with Crippen molar-refractivity contribution in [2.75, 3.05) is 11.1 Å². The van der Waals surface area contributed by atoms with Crippen LogP contribution in [-0.4, -0.2) is 26.4 Å². The van der Waals surface area contributed by atoms with Gasteiger partial charge in [0.05, 0.1) is 17.6 Å². The molecule has 0 aliphatic carbocycles. The third kappa shape index (κ3) is 4.54. The first-order valence-electron chi connectivity index (χ1n) is 9.10. The Bertz CT molecular complexity index is 974. The van der Waals surface area contributed by atoms with Crippen LogP contribution in [0, 0.1) is 6.92 Å². The molecule has 146 valence electrons. The van der Waals surface area contributed by atoms with Crippen molar-refractivity contribution in [3.63, 3.8) is 0 Å². The Morgan fingerprint density at radius 3 is 2.86 bits per heavy atom. The van der Waals surface area contributed by atoms with Gasteiger partial charge in [-0.15, -0.1) is 16.8 Å². The molecule has 2 heterocycles. The monoisotopic (exact) mass is 396 g/mol. The topological polar surface area (TPSA) is 73.0 Å². The summed E-state index contributed by atoms with van der Waals surface area (Å²) in [5.74, 6) is 2.05. The molecule has 0 radical (unpaired) electrons. The van der Waals surface area contributed by atoms with Gasteiger partial charge in [0.2, 0.25) is 5.91 Å². The Morgan fingerprint density at radius 1 is 1.36 bits per heavy atom. The Balaban J connectivity index is 1.70. The fourth-order valence-electron chi connectivity index (χ4n) is 2.81. The molecule has 2 aromatic heterocycles. The maximum absolute atomic E-state index is 12.4. The van der Waals surface area contributed by atoms with Crippen molar-refractivity contribution in [3.05, 3.63) is 60.6 Å². The predicted molar refractivity (Wildman–Crippen MR) is 113 cm³/mol. The van der Waals surface area contributed by atoms with E-state index in [2.05, 4.69) is 42.0 Å². The number of anilines is 1. The largest absolute Gasteiger partial charge is 0.469 e. The van der Waals surface area contributed by atoms with Gasteiger partial charge >= 0.3 is 0 Å². The van der Waals surface area contributed by atoms with E-state index in [-0.39, 0.29) is 11.7 Å². The number of allylic oxidation sites excluding steroid dienone is 1. The minimum atomic E-state index is -0.0832. The lowest BCUT2D eigenvalue weighted by atomic mass is 10.0. The predicted octanol–water partition coefficient (Wildman–Crippen LogP) is 4.89. The lowest BCUT2D eigenvalue weighted by Gasteiger charge is -2.10. The van der Waals surface area contributed by atoms with Crippen LogP contribution in [0.25, 0.3) is 11.4 Å². The van der Waals surface area contributed by atoms with Crippen molar-refractivity contribution >= 4 is 23.4 Å². The summed E-state index contributed by atoms with van der Waals surface area (Å²) in [7, 11) is 0. The van der Waals surface area contributed by atoms with Crippen LogP contribution in [0.3, 0.4) is 0 Å². The zero-order valence-electron chi connectivity index (χ0n) is 16.3. The molecule has 0 bridgehead atoms. The zero-order valence-corrected chi connectivity index (χ0v) is 17.1. The van der Waals surface area contributed by atoms with E-state index in [1.807, 2.05) is 35.8 Å². The van der Waals surface area contributed by atoms with E-state index in [4.69, 9.17) is 4.42 Å². The number of nitrogens with zero attached hydrogens (tertiary/aromatic N) is 3. The lowest BCUT2D eigenvalue weighted by Crippen LogP contribution is -2.15. The summed E-state index contributed by atoms with van der Waals surface area (Å²) >= 11 is 1.35. The van der Waals surface area contributed by atoms with E-state index in [1.54, 1.807) is 12.3 Å². The summed E-state index contributed by atoms with van der Waals surface area (Å²) < 4.78 is 7.31. The molecule has 1 amide bonds. The van der Waals surface area contributed by atoms with Crippen molar-refractivity contribution in [1.82, 2.24) is 14.8 Å². The number of hydrogen-bond acceptors (Lipinski definition) is 5. The number of carbonyl (C=O) groups excluding carboxylic acids is 1. The molecule has 0 fully saturated rings. The maximum atomic E-state index is 12.4.